The van der Waals surface area contributed by atoms with Gasteiger partial charge in [0.05, 0.1) is 12.2 Å². The molecule has 0 radical (unpaired) electrons. The van der Waals surface area contributed by atoms with Gasteiger partial charge < -0.3 is 10.3 Å². The molecular formula is C15H18N6. The number of nitrogens with zero attached hydrogens (tertiary/aromatic N) is 4. The Hall–Kier alpha value is -2.47. The largest absolute Gasteiger partial charge is 0.348 e. The molecule has 0 fully saturated rings. The van der Waals surface area contributed by atoms with Gasteiger partial charge in [-0.3, -0.25) is 0 Å². The number of aromatic amines is 1. The van der Waals surface area contributed by atoms with Gasteiger partial charge in [-0.05, 0) is 31.5 Å². The third-order valence-electron chi connectivity index (χ3n) is 3.21. The lowest BCUT2D eigenvalue weighted by Crippen LogP contribution is -2.14. The number of nitrogens with one attached hydrogen (secondary N) is 2. The second kappa shape index (κ2) is 5.88. The van der Waals surface area contributed by atoms with E-state index in [2.05, 4.69) is 31.4 Å². The molecule has 0 bridgehead atoms. The minimum absolute atomic E-state index is 0.714. The van der Waals surface area contributed by atoms with Crippen molar-refractivity contribution in [2.75, 3.05) is 0 Å². The Morgan fingerprint density at radius 2 is 2.10 bits per heavy atom. The van der Waals surface area contributed by atoms with E-state index < -0.39 is 0 Å². The molecule has 0 unspecified atom stereocenters. The molecule has 0 aliphatic heterocycles. The molecule has 0 aliphatic rings. The van der Waals surface area contributed by atoms with Crippen LogP contribution in [0.25, 0.3) is 5.82 Å². The Morgan fingerprint density at radius 3 is 2.71 bits per heavy atom. The molecule has 6 nitrogen and oxygen atoms in total. The zero-order chi connectivity index (χ0) is 14.7. The smallest absolute Gasteiger partial charge is 0.153 e. The molecular weight excluding hydrogens is 264 g/mol. The van der Waals surface area contributed by atoms with Crippen LogP contribution in [0, 0.1) is 13.8 Å². The van der Waals surface area contributed by atoms with Crippen molar-refractivity contribution in [3.63, 3.8) is 0 Å². The van der Waals surface area contributed by atoms with Crippen molar-refractivity contribution in [3.8, 4) is 5.82 Å². The van der Waals surface area contributed by atoms with E-state index in [1.165, 1.54) is 0 Å². The summed E-state index contributed by atoms with van der Waals surface area (Å²) in [6.07, 6.45) is 5.45. The molecule has 6 heteroatoms. The second-order valence-electron chi connectivity index (χ2n) is 5.00. The highest BCUT2D eigenvalue weighted by molar-refractivity contribution is 5.27. The molecule has 0 amide bonds. The molecule has 0 spiro atoms. The molecule has 0 aromatic carbocycles. The first-order valence-corrected chi connectivity index (χ1v) is 6.90. The monoisotopic (exact) mass is 282 g/mol. The topological polar surface area (TPSA) is 71.4 Å². The fourth-order valence-electron chi connectivity index (χ4n) is 2.23. The van der Waals surface area contributed by atoms with Crippen molar-refractivity contribution >= 4 is 0 Å². The Labute approximate surface area is 123 Å². The number of hydrogen-bond acceptors (Lipinski definition) is 4. The highest BCUT2D eigenvalue weighted by Gasteiger charge is 2.04. The Morgan fingerprint density at radius 1 is 1.19 bits per heavy atom. The first-order chi connectivity index (χ1) is 10.2. The Balaban J connectivity index is 1.63. The van der Waals surface area contributed by atoms with Crippen LogP contribution in [0.4, 0.5) is 0 Å². The SMILES string of the molecule is Cc1cc(C)n(-c2ccc(CNCc3ncc[nH]3)cn2)n1. The van der Waals surface area contributed by atoms with Crippen LogP contribution in [0.1, 0.15) is 22.8 Å². The highest BCUT2D eigenvalue weighted by Crippen LogP contribution is 2.10. The molecule has 0 aliphatic carbocycles. The zero-order valence-electron chi connectivity index (χ0n) is 12.2. The van der Waals surface area contributed by atoms with Crippen LogP contribution in [0.2, 0.25) is 0 Å². The van der Waals surface area contributed by atoms with Crippen molar-refractivity contribution in [1.82, 2.24) is 30.0 Å². The summed E-state index contributed by atoms with van der Waals surface area (Å²) in [5.74, 6) is 1.78. The van der Waals surface area contributed by atoms with Crippen LogP contribution in [0.5, 0.6) is 0 Å². The molecule has 3 heterocycles. The summed E-state index contributed by atoms with van der Waals surface area (Å²) >= 11 is 0. The van der Waals surface area contributed by atoms with Gasteiger partial charge in [0.15, 0.2) is 5.82 Å². The van der Waals surface area contributed by atoms with Crippen molar-refractivity contribution in [1.29, 1.82) is 0 Å². The number of H-pyrrole nitrogens is 1. The number of rotatable bonds is 5. The van der Waals surface area contributed by atoms with E-state index in [0.29, 0.717) is 6.54 Å². The summed E-state index contributed by atoms with van der Waals surface area (Å²) in [6, 6.07) is 6.10. The van der Waals surface area contributed by atoms with Gasteiger partial charge in [-0.1, -0.05) is 6.07 Å². The third kappa shape index (κ3) is 3.17. The van der Waals surface area contributed by atoms with Crippen LogP contribution in [0.15, 0.2) is 36.8 Å². The molecule has 0 saturated carbocycles. The van der Waals surface area contributed by atoms with Crippen LogP contribution in [-0.4, -0.2) is 24.7 Å². The van der Waals surface area contributed by atoms with Gasteiger partial charge in [-0.2, -0.15) is 5.10 Å². The number of imidazole rings is 1. The number of aryl methyl sites for hydroxylation is 2. The van der Waals surface area contributed by atoms with E-state index >= 15 is 0 Å². The minimum Gasteiger partial charge on any atom is -0.348 e. The van der Waals surface area contributed by atoms with Crippen LogP contribution >= 0.6 is 0 Å². The number of aromatic nitrogens is 5. The first-order valence-electron chi connectivity index (χ1n) is 6.90. The van der Waals surface area contributed by atoms with E-state index in [4.69, 9.17) is 0 Å². The predicted molar refractivity (Wildman–Crippen MR) is 80.0 cm³/mol. The average molecular weight is 282 g/mol. The number of pyridine rings is 1. The van der Waals surface area contributed by atoms with Gasteiger partial charge in [0.25, 0.3) is 0 Å². The summed E-state index contributed by atoms with van der Waals surface area (Å²) in [7, 11) is 0. The molecule has 0 atom stereocenters. The van der Waals surface area contributed by atoms with E-state index in [0.717, 1.165) is 35.1 Å². The summed E-state index contributed by atoms with van der Waals surface area (Å²) in [5.41, 5.74) is 3.22. The molecule has 2 N–H and O–H groups in total. The van der Waals surface area contributed by atoms with Crippen molar-refractivity contribution in [3.05, 3.63) is 59.6 Å². The summed E-state index contributed by atoms with van der Waals surface area (Å²) in [4.78, 5) is 11.7. The lowest BCUT2D eigenvalue weighted by Gasteiger charge is -2.06. The molecule has 3 aromatic heterocycles. The van der Waals surface area contributed by atoms with Gasteiger partial charge in [0.2, 0.25) is 0 Å². The van der Waals surface area contributed by atoms with Gasteiger partial charge in [-0.15, -0.1) is 0 Å². The Kier molecular flexibility index (Phi) is 3.79. The van der Waals surface area contributed by atoms with Gasteiger partial charge in [0, 0.05) is 30.8 Å². The summed E-state index contributed by atoms with van der Waals surface area (Å²) in [5, 5.41) is 7.75. The molecule has 3 aromatic rings. The second-order valence-corrected chi connectivity index (χ2v) is 5.00. The van der Waals surface area contributed by atoms with E-state index in [-0.39, 0.29) is 0 Å². The average Bonchev–Trinajstić information content (AvgIpc) is 3.09. The fourth-order valence-corrected chi connectivity index (χ4v) is 2.23. The fraction of sp³-hybridized carbons (Fsp3) is 0.267. The lowest BCUT2D eigenvalue weighted by atomic mass is 10.3. The Bertz CT molecular complexity index is 696. The van der Waals surface area contributed by atoms with Crippen LogP contribution in [0.3, 0.4) is 0 Å². The van der Waals surface area contributed by atoms with Crippen LogP contribution < -0.4 is 5.32 Å². The van der Waals surface area contributed by atoms with Gasteiger partial charge in [0.1, 0.15) is 5.82 Å². The van der Waals surface area contributed by atoms with E-state index in [1.54, 1.807) is 6.20 Å². The van der Waals surface area contributed by atoms with Crippen LogP contribution in [-0.2, 0) is 13.1 Å². The normalized spacial score (nSPS) is 11.0. The van der Waals surface area contributed by atoms with E-state index in [9.17, 15) is 0 Å². The third-order valence-corrected chi connectivity index (χ3v) is 3.21. The minimum atomic E-state index is 0.714. The molecule has 3 rings (SSSR count). The maximum absolute atomic E-state index is 4.48. The maximum atomic E-state index is 4.48. The van der Waals surface area contributed by atoms with Gasteiger partial charge in [-0.25, -0.2) is 14.6 Å². The molecule has 0 saturated heterocycles. The lowest BCUT2D eigenvalue weighted by molar-refractivity contribution is 0.666. The van der Waals surface area contributed by atoms with Crippen molar-refractivity contribution in [2.24, 2.45) is 0 Å². The quantitative estimate of drug-likeness (QED) is 0.749. The summed E-state index contributed by atoms with van der Waals surface area (Å²) in [6.45, 7) is 5.48. The standard InChI is InChI=1S/C15H18N6/c1-11-7-12(2)21(20-11)15-4-3-13(9-19-15)8-16-10-14-17-5-6-18-14/h3-7,9,16H,8,10H2,1-2H3,(H,17,18). The number of hydrogen-bond donors (Lipinski definition) is 2. The maximum Gasteiger partial charge on any atom is 0.153 e. The first kappa shape index (κ1) is 13.5. The molecule has 21 heavy (non-hydrogen) atoms. The predicted octanol–water partition coefficient (Wildman–Crippen LogP) is 1.90. The molecule has 108 valence electrons. The van der Waals surface area contributed by atoms with Gasteiger partial charge >= 0.3 is 0 Å². The van der Waals surface area contributed by atoms with E-state index in [1.807, 2.05) is 43.1 Å². The van der Waals surface area contributed by atoms with Crippen molar-refractivity contribution in [2.45, 2.75) is 26.9 Å². The highest BCUT2D eigenvalue weighted by atomic mass is 15.3. The van der Waals surface area contributed by atoms with Crippen molar-refractivity contribution < 1.29 is 0 Å². The zero-order valence-corrected chi connectivity index (χ0v) is 12.2. The summed E-state index contributed by atoms with van der Waals surface area (Å²) < 4.78 is 1.86.